The Labute approximate surface area is 229 Å². The number of nitrogens with zero attached hydrogens (tertiary/aromatic N) is 5. The fourth-order valence-electron chi connectivity index (χ4n) is 4.78. The molecule has 3 heterocycles. The van der Waals surface area contributed by atoms with Gasteiger partial charge in [0.05, 0.1) is 42.3 Å². The van der Waals surface area contributed by atoms with Crippen molar-refractivity contribution in [3.8, 4) is 28.3 Å². The van der Waals surface area contributed by atoms with Crippen LogP contribution in [0.3, 0.4) is 0 Å². The van der Waals surface area contributed by atoms with Crippen LogP contribution in [0.2, 0.25) is 0 Å². The first kappa shape index (κ1) is 25.7. The van der Waals surface area contributed by atoms with Crippen LogP contribution in [-0.4, -0.2) is 87.5 Å². The standard InChI is InChI=1S/C27H29N9O4/c1-35(2)14-20-29-21(31-30-20)15-40-17-8-6-16(7-9-17)24-23-25(33-32-24)18-4-3-5-19(22(18)26(23)37)28-27(38)34-36-10-12-39-13-11-36/h3-9H,10-15H2,1-2H3,(H,32,33)(H2,28,34,38)(H,29,30,31). The van der Waals surface area contributed by atoms with E-state index < -0.39 is 6.03 Å². The molecule has 0 atom stereocenters. The van der Waals surface area contributed by atoms with E-state index in [4.69, 9.17) is 9.47 Å². The van der Waals surface area contributed by atoms with Crippen LogP contribution in [-0.2, 0) is 17.9 Å². The smallest absolute Gasteiger partial charge is 0.333 e. The monoisotopic (exact) mass is 543 g/mol. The van der Waals surface area contributed by atoms with Gasteiger partial charge in [-0.3, -0.25) is 20.4 Å². The summed E-state index contributed by atoms with van der Waals surface area (Å²) in [6.07, 6.45) is 0. The van der Waals surface area contributed by atoms with Gasteiger partial charge >= 0.3 is 6.03 Å². The molecule has 2 aromatic heterocycles. The summed E-state index contributed by atoms with van der Waals surface area (Å²) in [5.41, 5.74) is 6.78. The predicted molar refractivity (Wildman–Crippen MR) is 146 cm³/mol. The number of hydrogen-bond acceptors (Lipinski definition) is 9. The van der Waals surface area contributed by atoms with Crippen molar-refractivity contribution in [2.75, 3.05) is 45.7 Å². The summed E-state index contributed by atoms with van der Waals surface area (Å²) in [5, 5.41) is 19.2. The minimum Gasteiger partial charge on any atom is -0.486 e. The van der Waals surface area contributed by atoms with Crippen LogP contribution in [0.4, 0.5) is 10.5 Å². The first-order chi connectivity index (χ1) is 19.5. The minimum absolute atomic E-state index is 0.199. The molecule has 2 aliphatic rings. The number of hydrogen-bond donors (Lipinski definition) is 4. The molecule has 1 aliphatic carbocycles. The molecule has 0 unspecified atom stereocenters. The number of ether oxygens (including phenoxy) is 2. The third-order valence-corrected chi connectivity index (χ3v) is 6.61. The number of morpholine rings is 1. The van der Waals surface area contributed by atoms with Crippen LogP contribution < -0.4 is 15.5 Å². The van der Waals surface area contributed by atoms with E-state index in [1.165, 1.54) is 0 Å². The maximum absolute atomic E-state index is 13.6. The molecule has 1 fully saturated rings. The number of aromatic nitrogens is 5. The van der Waals surface area contributed by atoms with Crippen molar-refractivity contribution in [1.82, 2.24) is 40.7 Å². The molecule has 0 spiro atoms. The topological polar surface area (TPSA) is 153 Å². The Morgan fingerprint density at radius 3 is 2.65 bits per heavy atom. The molecule has 4 N–H and O–H groups in total. The zero-order valence-electron chi connectivity index (χ0n) is 22.2. The highest BCUT2D eigenvalue weighted by molar-refractivity contribution is 6.26. The summed E-state index contributed by atoms with van der Waals surface area (Å²) in [6.45, 7) is 3.19. The first-order valence-electron chi connectivity index (χ1n) is 12.9. The lowest BCUT2D eigenvalue weighted by molar-refractivity contribution is 0.0207. The molecule has 206 valence electrons. The highest BCUT2D eigenvalue weighted by Gasteiger charge is 2.35. The van der Waals surface area contributed by atoms with Gasteiger partial charge in [0.15, 0.2) is 17.4 Å². The lowest BCUT2D eigenvalue weighted by Crippen LogP contribution is -2.49. The summed E-state index contributed by atoms with van der Waals surface area (Å²) in [7, 11) is 3.91. The lowest BCUT2D eigenvalue weighted by atomic mass is 10.0. The zero-order valence-corrected chi connectivity index (χ0v) is 22.2. The number of benzene rings is 2. The van der Waals surface area contributed by atoms with Crippen molar-refractivity contribution in [1.29, 1.82) is 0 Å². The molecular weight excluding hydrogens is 514 g/mol. The van der Waals surface area contributed by atoms with Gasteiger partial charge in [0.2, 0.25) is 0 Å². The molecule has 0 bridgehead atoms. The van der Waals surface area contributed by atoms with Crippen molar-refractivity contribution in [2.24, 2.45) is 0 Å². The minimum atomic E-state index is -0.410. The molecular formula is C27H29N9O4. The maximum atomic E-state index is 13.6. The molecule has 0 radical (unpaired) electrons. The summed E-state index contributed by atoms with van der Waals surface area (Å²) in [6, 6.07) is 12.3. The molecule has 2 amide bonds. The summed E-state index contributed by atoms with van der Waals surface area (Å²) < 4.78 is 11.2. The van der Waals surface area contributed by atoms with Crippen molar-refractivity contribution < 1.29 is 19.1 Å². The average molecular weight is 544 g/mol. The Morgan fingerprint density at radius 2 is 1.88 bits per heavy atom. The number of ketones is 1. The van der Waals surface area contributed by atoms with Crippen LogP contribution in [0.1, 0.15) is 27.6 Å². The Morgan fingerprint density at radius 1 is 1.07 bits per heavy atom. The van der Waals surface area contributed by atoms with E-state index >= 15 is 0 Å². The number of amides is 2. The van der Waals surface area contributed by atoms with Gasteiger partial charge < -0.3 is 19.7 Å². The number of urea groups is 1. The second kappa shape index (κ2) is 10.9. The Bertz CT molecular complexity index is 1540. The fraction of sp³-hybridized carbons (Fsp3) is 0.296. The number of carbonyl (C=O) groups is 2. The molecule has 13 heteroatoms. The highest BCUT2D eigenvalue weighted by Crippen LogP contribution is 2.43. The number of H-pyrrole nitrogens is 2. The second-order valence-corrected chi connectivity index (χ2v) is 9.79. The van der Waals surface area contributed by atoms with Gasteiger partial charge in [-0.1, -0.05) is 12.1 Å². The summed E-state index contributed by atoms with van der Waals surface area (Å²) >= 11 is 0. The molecule has 2 aromatic carbocycles. The van der Waals surface area contributed by atoms with Gasteiger partial charge in [0.1, 0.15) is 18.1 Å². The van der Waals surface area contributed by atoms with Gasteiger partial charge in [0.25, 0.3) is 0 Å². The fourth-order valence-corrected chi connectivity index (χ4v) is 4.78. The van der Waals surface area contributed by atoms with E-state index in [0.717, 1.165) is 5.56 Å². The molecule has 40 heavy (non-hydrogen) atoms. The van der Waals surface area contributed by atoms with Gasteiger partial charge in [-0.15, -0.1) is 0 Å². The number of nitrogens with one attached hydrogen (secondary N) is 4. The molecule has 6 rings (SSSR count). The van der Waals surface area contributed by atoms with Crippen molar-refractivity contribution >= 4 is 17.5 Å². The van der Waals surface area contributed by atoms with E-state index in [-0.39, 0.29) is 12.4 Å². The van der Waals surface area contributed by atoms with Crippen LogP contribution in [0, 0.1) is 0 Å². The largest absolute Gasteiger partial charge is 0.486 e. The van der Waals surface area contributed by atoms with E-state index in [0.29, 0.717) is 84.0 Å². The SMILES string of the molecule is CN(C)Cc1n[nH]c(COc2ccc(-c3n[nH]c4c3C(=O)c3c(NC(=O)NN5CCOCC5)cccc3-4)cc2)n1. The van der Waals surface area contributed by atoms with Crippen molar-refractivity contribution in [2.45, 2.75) is 13.2 Å². The number of hydrazine groups is 1. The Balaban J connectivity index is 1.15. The zero-order chi connectivity index (χ0) is 27.6. The second-order valence-electron chi connectivity index (χ2n) is 9.79. The van der Waals surface area contributed by atoms with E-state index in [1.54, 1.807) is 17.1 Å². The van der Waals surface area contributed by atoms with Gasteiger partial charge in [-0.05, 0) is 44.4 Å². The Hall–Kier alpha value is -4.59. The quantitative estimate of drug-likeness (QED) is 0.231. The highest BCUT2D eigenvalue weighted by atomic mass is 16.5. The van der Waals surface area contributed by atoms with E-state index in [2.05, 4.69) is 36.1 Å². The van der Waals surface area contributed by atoms with Gasteiger partial charge in [-0.25, -0.2) is 14.8 Å². The summed E-state index contributed by atoms with van der Waals surface area (Å²) in [4.78, 5) is 32.7. The molecule has 1 aliphatic heterocycles. The number of fused-ring (bicyclic) bond motifs is 3. The van der Waals surface area contributed by atoms with Crippen LogP contribution in [0.25, 0.3) is 22.5 Å². The maximum Gasteiger partial charge on any atom is 0.333 e. The average Bonchev–Trinajstić information content (AvgIpc) is 3.65. The first-order valence-corrected chi connectivity index (χ1v) is 12.9. The van der Waals surface area contributed by atoms with Crippen LogP contribution in [0.15, 0.2) is 42.5 Å². The van der Waals surface area contributed by atoms with Crippen LogP contribution >= 0.6 is 0 Å². The van der Waals surface area contributed by atoms with Gasteiger partial charge in [0, 0.05) is 24.2 Å². The molecule has 4 aromatic rings. The predicted octanol–water partition coefficient (Wildman–Crippen LogP) is 2.42. The van der Waals surface area contributed by atoms with Crippen molar-refractivity contribution in [3.63, 3.8) is 0 Å². The normalized spacial score (nSPS) is 14.7. The lowest BCUT2D eigenvalue weighted by Gasteiger charge is -2.27. The number of rotatable bonds is 8. The van der Waals surface area contributed by atoms with Crippen molar-refractivity contribution in [3.05, 3.63) is 65.2 Å². The molecule has 0 saturated carbocycles. The Kier molecular flexibility index (Phi) is 6.99. The van der Waals surface area contributed by atoms with Gasteiger partial charge in [-0.2, -0.15) is 10.2 Å². The number of aromatic amines is 2. The summed E-state index contributed by atoms with van der Waals surface area (Å²) in [5.74, 6) is 1.79. The van der Waals surface area contributed by atoms with E-state index in [9.17, 15) is 9.59 Å². The van der Waals surface area contributed by atoms with E-state index in [1.807, 2.05) is 49.3 Å². The third kappa shape index (κ3) is 5.17. The number of carbonyl (C=O) groups excluding carboxylic acids is 2. The number of anilines is 1. The third-order valence-electron chi connectivity index (χ3n) is 6.61. The molecule has 13 nitrogen and oxygen atoms in total. The van der Waals surface area contributed by atoms with Crippen LogP contribution in [0.5, 0.6) is 5.75 Å². The molecule has 1 saturated heterocycles.